The van der Waals surface area contributed by atoms with Gasteiger partial charge in [-0.15, -0.1) is 12.3 Å². The van der Waals surface area contributed by atoms with E-state index in [0.717, 1.165) is 30.9 Å². The second-order valence-electron chi connectivity index (χ2n) is 2.40. The molecule has 0 atom stereocenters. The number of unbranched alkanes of at least 4 members (excludes halogenated alkanes) is 1. The van der Waals surface area contributed by atoms with Gasteiger partial charge in [0, 0.05) is 19.8 Å². The van der Waals surface area contributed by atoms with Crippen LogP contribution < -0.4 is 0 Å². The summed E-state index contributed by atoms with van der Waals surface area (Å²) in [6, 6.07) is 0. The van der Waals surface area contributed by atoms with Gasteiger partial charge in [0.05, 0.1) is 6.20 Å². The first-order valence-electron chi connectivity index (χ1n) is 3.67. The molecule has 0 unspecified atom stereocenters. The van der Waals surface area contributed by atoms with Crippen LogP contribution in [0.3, 0.4) is 0 Å². The Kier molecular flexibility index (Phi) is 2.74. The molecule has 0 aliphatic rings. The zero-order valence-corrected chi connectivity index (χ0v) is 6.63. The van der Waals surface area contributed by atoms with Gasteiger partial charge in [0.2, 0.25) is 0 Å². The van der Waals surface area contributed by atoms with Crippen molar-refractivity contribution in [1.82, 2.24) is 4.98 Å². The van der Waals surface area contributed by atoms with E-state index >= 15 is 0 Å². The summed E-state index contributed by atoms with van der Waals surface area (Å²) in [5.74, 6) is 4.23. The normalized spacial score (nSPS) is 9.45. The fraction of sp³-hybridized carbons (Fsp3) is 0.444. The molecule has 1 aromatic rings. The highest BCUT2D eigenvalue weighted by molar-refractivity contribution is 4.94. The fourth-order valence-electron chi connectivity index (χ4n) is 0.886. The maximum absolute atomic E-state index is 5.25. The molecule has 0 spiro atoms. The largest absolute Gasteiger partial charge is 0.446 e. The van der Waals surface area contributed by atoms with Gasteiger partial charge in [0.25, 0.3) is 0 Å². The molecule has 1 heterocycles. The van der Waals surface area contributed by atoms with Crippen molar-refractivity contribution >= 4 is 0 Å². The zero-order chi connectivity index (χ0) is 8.10. The lowest BCUT2D eigenvalue weighted by molar-refractivity contribution is 0.470. The van der Waals surface area contributed by atoms with Crippen molar-refractivity contribution in [3.05, 3.63) is 17.8 Å². The van der Waals surface area contributed by atoms with Crippen molar-refractivity contribution in [2.45, 2.75) is 26.2 Å². The van der Waals surface area contributed by atoms with E-state index in [1.165, 1.54) is 0 Å². The van der Waals surface area contributed by atoms with E-state index in [2.05, 4.69) is 10.9 Å². The van der Waals surface area contributed by atoms with E-state index in [0.29, 0.717) is 0 Å². The van der Waals surface area contributed by atoms with Crippen molar-refractivity contribution < 1.29 is 4.42 Å². The number of hydrogen-bond acceptors (Lipinski definition) is 2. The summed E-state index contributed by atoms with van der Waals surface area (Å²) in [5.41, 5.74) is 0. The number of terminal acetylenes is 1. The predicted molar refractivity (Wildman–Crippen MR) is 43.0 cm³/mol. The summed E-state index contributed by atoms with van der Waals surface area (Å²) in [7, 11) is 0. The maximum atomic E-state index is 5.25. The molecule has 0 saturated heterocycles. The minimum atomic E-state index is 0.723. The summed E-state index contributed by atoms with van der Waals surface area (Å²) < 4.78 is 5.25. The van der Waals surface area contributed by atoms with Gasteiger partial charge in [-0.1, -0.05) is 0 Å². The van der Waals surface area contributed by atoms with E-state index in [-0.39, 0.29) is 0 Å². The average Bonchev–Trinajstić information content (AvgIpc) is 2.37. The first kappa shape index (κ1) is 7.87. The number of hydrogen-bond donors (Lipinski definition) is 0. The van der Waals surface area contributed by atoms with E-state index in [9.17, 15) is 0 Å². The molecule has 0 aliphatic carbocycles. The molecule has 2 nitrogen and oxygen atoms in total. The number of rotatable bonds is 3. The van der Waals surface area contributed by atoms with Crippen molar-refractivity contribution in [3.63, 3.8) is 0 Å². The van der Waals surface area contributed by atoms with Gasteiger partial charge in [0.15, 0.2) is 5.89 Å². The minimum absolute atomic E-state index is 0.723. The molecule has 58 valence electrons. The number of aromatic nitrogens is 1. The number of aryl methyl sites for hydroxylation is 2. The van der Waals surface area contributed by atoms with Crippen molar-refractivity contribution in [2.24, 2.45) is 0 Å². The number of nitrogens with zero attached hydrogens (tertiary/aromatic N) is 1. The molecule has 0 radical (unpaired) electrons. The highest BCUT2D eigenvalue weighted by Gasteiger charge is 1.97. The molecule has 0 N–H and O–H groups in total. The first-order chi connectivity index (χ1) is 5.33. The third-order valence-corrected chi connectivity index (χ3v) is 1.41. The molecular weight excluding hydrogens is 138 g/mol. The van der Waals surface area contributed by atoms with Crippen LogP contribution in [0.15, 0.2) is 10.6 Å². The summed E-state index contributed by atoms with van der Waals surface area (Å²) in [4.78, 5) is 3.98. The first-order valence-corrected chi connectivity index (χ1v) is 3.67. The molecule has 0 bridgehead atoms. The van der Waals surface area contributed by atoms with Gasteiger partial charge >= 0.3 is 0 Å². The monoisotopic (exact) mass is 149 g/mol. The molecular formula is C9H11NO. The van der Waals surface area contributed by atoms with Gasteiger partial charge in [-0.2, -0.15) is 0 Å². The summed E-state index contributed by atoms with van der Waals surface area (Å²) in [6.07, 6.45) is 9.53. The van der Waals surface area contributed by atoms with Gasteiger partial charge in [-0.3, -0.25) is 0 Å². The summed E-state index contributed by atoms with van der Waals surface area (Å²) in [6.45, 7) is 1.84. The second-order valence-corrected chi connectivity index (χ2v) is 2.40. The van der Waals surface area contributed by atoms with Crippen LogP contribution >= 0.6 is 0 Å². The van der Waals surface area contributed by atoms with Gasteiger partial charge in [0.1, 0.15) is 5.76 Å². The Morgan fingerprint density at radius 1 is 1.73 bits per heavy atom. The summed E-state index contributed by atoms with van der Waals surface area (Å²) in [5, 5.41) is 0. The van der Waals surface area contributed by atoms with Crippen molar-refractivity contribution in [1.29, 1.82) is 0 Å². The van der Waals surface area contributed by atoms with Crippen LogP contribution in [0.1, 0.15) is 24.5 Å². The highest BCUT2D eigenvalue weighted by atomic mass is 16.3. The molecule has 0 saturated carbocycles. The second kappa shape index (κ2) is 3.82. The Balaban J connectivity index is 2.34. The number of oxazole rings is 1. The molecule has 1 aromatic heterocycles. The lowest BCUT2D eigenvalue weighted by Gasteiger charge is -1.89. The molecule has 0 fully saturated rings. The average molecular weight is 149 g/mol. The molecule has 2 heteroatoms. The topological polar surface area (TPSA) is 26.0 Å². The quantitative estimate of drug-likeness (QED) is 0.485. The lowest BCUT2D eigenvalue weighted by atomic mass is 10.2. The zero-order valence-electron chi connectivity index (χ0n) is 6.63. The molecule has 11 heavy (non-hydrogen) atoms. The summed E-state index contributed by atoms with van der Waals surface area (Å²) >= 11 is 0. The smallest absolute Gasteiger partial charge is 0.191 e. The van der Waals surface area contributed by atoms with Gasteiger partial charge in [-0.05, 0) is 6.42 Å². The van der Waals surface area contributed by atoms with Crippen LogP contribution in [0.5, 0.6) is 0 Å². The molecule has 1 rings (SSSR count). The lowest BCUT2D eigenvalue weighted by Crippen LogP contribution is -1.79. The van der Waals surface area contributed by atoms with E-state index < -0.39 is 0 Å². The maximum Gasteiger partial charge on any atom is 0.191 e. The molecule has 0 aromatic carbocycles. The highest BCUT2D eigenvalue weighted by Crippen LogP contribution is 2.05. The van der Waals surface area contributed by atoms with Gasteiger partial charge in [-0.25, -0.2) is 4.98 Å². The Morgan fingerprint density at radius 2 is 2.55 bits per heavy atom. The Morgan fingerprint density at radius 3 is 3.09 bits per heavy atom. The molecule has 0 amide bonds. The Bertz CT molecular complexity index is 257. The van der Waals surface area contributed by atoms with Crippen LogP contribution in [-0.2, 0) is 6.42 Å². The Hall–Kier alpha value is -1.23. The van der Waals surface area contributed by atoms with Crippen LogP contribution in [0.2, 0.25) is 0 Å². The SMILES string of the molecule is C#CCCCc1cnc(C)o1. The Labute approximate surface area is 66.6 Å². The van der Waals surface area contributed by atoms with E-state index in [4.69, 9.17) is 10.8 Å². The van der Waals surface area contributed by atoms with E-state index in [1.54, 1.807) is 6.20 Å². The van der Waals surface area contributed by atoms with Crippen LogP contribution in [-0.4, -0.2) is 4.98 Å². The molecule has 0 aliphatic heterocycles. The van der Waals surface area contributed by atoms with Crippen molar-refractivity contribution in [3.8, 4) is 12.3 Å². The third kappa shape index (κ3) is 2.46. The predicted octanol–water partition coefficient (Wildman–Crippen LogP) is 1.94. The van der Waals surface area contributed by atoms with Crippen LogP contribution in [0.25, 0.3) is 0 Å². The van der Waals surface area contributed by atoms with Crippen molar-refractivity contribution in [2.75, 3.05) is 0 Å². The van der Waals surface area contributed by atoms with E-state index in [1.807, 2.05) is 6.92 Å². The van der Waals surface area contributed by atoms with Gasteiger partial charge < -0.3 is 4.42 Å². The third-order valence-electron chi connectivity index (χ3n) is 1.41. The minimum Gasteiger partial charge on any atom is -0.446 e. The fourth-order valence-corrected chi connectivity index (χ4v) is 0.886. The standard InChI is InChI=1S/C9H11NO/c1-3-4-5-6-9-7-10-8(2)11-9/h1,7H,4-6H2,2H3. The van der Waals surface area contributed by atoms with Crippen LogP contribution in [0.4, 0.5) is 0 Å². The van der Waals surface area contributed by atoms with Crippen LogP contribution in [0, 0.1) is 19.3 Å².